The van der Waals surface area contributed by atoms with Crippen molar-refractivity contribution >= 4 is 16.6 Å². The average molecular weight is 416 g/mol. The minimum atomic E-state index is -0.245. The van der Waals surface area contributed by atoms with Crippen LogP contribution in [0.4, 0.5) is 0 Å². The molecule has 31 heavy (non-hydrogen) atoms. The summed E-state index contributed by atoms with van der Waals surface area (Å²) in [7, 11) is 4.80. The van der Waals surface area contributed by atoms with Gasteiger partial charge in [-0.05, 0) is 12.1 Å². The Morgan fingerprint density at radius 1 is 1.00 bits per heavy atom. The summed E-state index contributed by atoms with van der Waals surface area (Å²) in [5.41, 5.74) is 2.23. The van der Waals surface area contributed by atoms with E-state index in [1.54, 1.807) is 40.8 Å². The molecule has 156 valence electrons. The van der Waals surface area contributed by atoms with Crippen LogP contribution in [0.5, 0.6) is 11.5 Å². The van der Waals surface area contributed by atoms with Crippen molar-refractivity contribution in [3.63, 3.8) is 0 Å². The monoisotopic (exact) mass is 416 g/mol. The van der Waals surface area contributed by atoms with Crippen LogP contribution in [0.3, 0.4) is 0 Å². The van der Waals surface area contributed by atoms with Crippen molar-refractivity contribution in [3.8, 4) is 22.8 Å². The highest BCUT2D eigenvalue weighted by Gasteiger charge is 2.33. The maximum atomic E-state index is 13.7. The molecule has 0 aliphatic heterocycles. The first-order valence-corrected chi connectivity index (χ1v) is 9.85. The van der Waals surface area contributed by atoms with Crippen molar-refractivity contribution in [2.75, 3.05) is 14.2 Å². The fraction of sp³-hybridized carbons (Fsp3) is 0.217. The molecule has 0 radical (unpaired) electrons. The molecule has 5 rings (SSSR count). The van der Waals surface area contributed by atoms with Crippen LogP contribution in [0.1, 0.15) is 21.7 Å². The molecule has 0 N–H and O–H groups in total. The number of aryl methyl sites for hydroxylation is 2. The highest BCUT2D eigenvalue weighted by molar-refractivity contribution is 6.27. The van der Waals surface area contributed by atoms with Crippen LogP contribution >= 0.6 is 0 Å². The lowest BCUT2D eigenvalue weighted by Gasteiger charge is -2.17. The molecule has 0 amide bonds. The van der Waals surface area contributed by atoms with Crippen LogP contribution in [0.25, 0.3) is 22.0 Å². The lowest BCUT2D eigenvalue weighted by molar-refractivity contribution is 0.104. The Kier molecular flexibility index (Phi) is 4.35. The summed E-state index contributed by atoms with van der Waals surface area (Å²) in [5, 5.41) is 5.20. The number of fused-ring (bicyclic) bond motifs is 5. The number of hydrogen-bond acceptors (Lipinski definition) is 6. The van der Waals surface area contributed by atoms with E-state index in [1.165, 1.54) is 14.2 Å². The van der Waals surface area contributed by atoms with Gasteiger partial charge in [-0.2, -0.15) is 5.10 Å². The fourth-order valence-corrected chi connectivity index (χ4v) is 4.30. The molecule has 1 aliphatic rings. The second-order valence-corrected chi connectivity index (χ2v) is 7.36. The van der Waals surface area contributed by atoms with Crippen molar-refractivity contribution in [2.24, 2.45) is 7.05 Å². The van der Waals surface area contributed by atoms with Crippen molar-refractivity contribution in [1.82, 2.24) is 19.3 Å². The molecular weight excluding hydrogens is 396 g/mol. The standard InChI is InChI=1S/C23H20N4O4/c1-26-12-24-17(25-26)10-11-27-20-13-6-4-5-7-14(13)21(28)18(20)15-8-9-16(30-2)22(31-3)19(15)23(27)29/h4-9,12H,10-11H2,1-3H3. The first-order chi connectivity index (χ1) is 15.0. The zero-order valence-corrected chi connectivity index (χ0v) is 17.4. The van der Waals surface area contributed by atoms with Crippen LogP contribution < -0.4 is 15.0 Å². The van der Waals surface area contributed by atoms with Gasteiger partial charge in [0.1, 0.15) is 6.33 Å². The van der Waals surface area contributed by atoms with Crippen LogP contribution in [0.2, 0.25) is 0 Å². The van der Waals surface area contributed by atoms with Gasteiger partial charge in [-0.15, -0.1) is 0 Å². The van der Waals surface area contributed by atoms with E-state index in [-0.39, 0.29) is 11.3 Å². The van der Waals surface area contributed by atoms with Gasteiger partial charge < -0.3 is 14.0 Å². The molecule has 2 heterocycles. The molecule has 0 unspecified atom stereocenters. The van der Waals surface area contributed by atoms with E-state index in [0.29, 0.717) is 57.9 Å². The molecule has 0 fully saturated rings. The van der Waals surface area contributed by atoms with Gasteiger partial charge in [-0.25, -0.2) is 4.98 Å². The number of pyridine rings is 1. The lowest BCUT2D eigenvalue weighted by atomic mass is 10.0. The Morgan fingerprint density at radius 3 is 2.45 bits per heavy atom. The van der Waals surface area contributed by atoms with E-state index < -0.39 is 0 Å². The summed E-state index contributed by atoms with van der Waals surface area (Å²) >= 11 is 0. The second-order valence-electron chi connectivity index (χ2n) is 7.36. The summed E-state index contributed by atoms with van der Waals surface area (Å²) < 4.78 is 14.2. The molecule has 0 saturated carbocycles. The maximum Gasteiger partial charge on any atom is 0.262 e. The summed E-state index contributed by atoms with van der Waals surface area (Å²) in [6, 6.07) is 10.8. The van der Waals surface area contributed by atoms with E-state index in [2.05, 4.69) is 10.1 Å². The Balaban J connectivity index is 1.83. The molecule has 0 bridgehead atoms. The summed E-state index contributed by atoms with van der Waals surface area (Å²) in [5.74, 6) is 1.28. The topological polar surface area (TPSA) is 88.2 Å². The Labute approximate surface area is 177 Å². The molecule has 8 nitrogen and oxygen atoms in total. The van der Waals surface area contributed by atoms with Gasteiger partial charge in [-0.1, -0.05) is 24.3 Å². The smallest absolute Gasteiger partial charge is 0.262 e. The average Bonchev–Trinajstić information content (AvgIpc) is 3.34. The molecule has 2 aromatic heterocycles. The van der Waals surface area contributed by atoms with E-state index in [1.807, 2.05) is 18.2 Å². The zero-order chi connectivity index (χ0) is 21.7. The number of carbonyl (C=O) groups excluding carboxylic acids is 1. The van der Waals surface area contributed by atoms with Crippen LogP contribution in [-0.2, 0) is 20.0 Å². The maximum absolute atomic E-state index is 13.7. The molecule has 8 heteroatoms. The van der Waals surface area contributed by atoms with Gasteiger partial charge in [0.05, 0.1) is 30.9 Å². The largest absolute Gasteiger partial charge is 0.493 e. The van der Waals surface area contributed by atoms with Gasteiger partial charge >= 0.3 is 0 Å². The van der Waals surface area contributed by atoms with Gasteiger partial charge in [0, 0.05) is 36.5 Å². The third-order valence-electron chi connectivity index (χ3n) is 5.64. The molecule has 0 atom stereocenters. The molecular formula is C23H20N4O4. The molecule has 0 saturated heterocycles. The number of methoxy groups -OCH3 is 2. The molecule has 2 aromatic carbocycles. The third kappa shape index (κ3) is 2.75. The minimum Gasteiger partial charge on any atom is -0.493 e. The van der Waals surface area contributed by atoms with E-state index in [0.717, 1.165) is 5.56 Å². The molecule has 0 spiro atoms. The number of ketones is 1. The number of benzene rings is 2. The molecule has 1 aliphatic carbocycles. The SMILES string of the molecule is COc1ccc2c3c(n(CCc4ncn(C)n4)c(=O)c2c1OC)-c1ccccc1C3=O. The number of aromatic nitrogens is 4. The Hall–Kier alpha value is -3.94. The zero-order valence-electron chi connectivity index (χ0n) is 17.4. The van der Waals surface area contributed by atoms with Gasteiger partial charge in [0.2, 0.25) is 0 Å². The first kappa shape index (κ1) is 19.0. The third-order valence-corrected chi connectivity index (χ3v) is 5.64. The fourth-order valence-electron chi connectivity index (χ4n) is 4.30. The van der Waals surface area contributed by atoms with Gasteiger partial charge in [0.15, 0.2) is 23.1 Å². The van der Waals surface area contributed by atoms with E-state index in [4.69, 9.17) is 9.47 Å². The number of nitrogens with zero attached hydrogens (tertiary/aromatic N) is 4. The van der Waals surface area contributed by atoms with Crippen molar-refractivity contribution in [2.45, 2.75) is 13.0 Å². The van der Waals surface area contributed by atoms with Crippen molar-refractivity contribution in [3.05, 3.63) is 70.0 Å². The number of ether oxygens (including phenoxy) is 2. The van der Waals surface area contributed by atoms with Crippen molar-refractivity contribution in [1.29, 1.82) is 0 Å². The van der Waals surface area contributed by atoms with Crippen LogP contribution in [0.15, 0.2) is 47.5 Å². The second kappa shape index (κ2) is 7.09. The van der Waals surface area contributed by atoms with Crippen molar-refractivity contribution < 1.29 is 14.3 Å². The van der Waals surface area contributed by atoms with Gasteiger partial charge in [0.25, 0.3) is 5.56 Å². The highest BCUT2D eigenvalue weighted by atomic mass is 16.5. The predicted molar refractivity (Wildman–Crippen MR) is 115 cm³/mol. The predicted octanol–water partition coefficient (Wildman–Crippen LogP) is 2.60. The highest BCUT2D eigenvalue weighted by Crippen LogP contribution is 2.43. The quantitative estimate of drug-likeness (QED) is 0.438. The number of rotatable bonds is 5. The summed E-state index contributed by atoms with van der Waals surface area (Å²) in [4.78, 5) is 31.4. The Bertz CT molecular complexity index is 1420. The van der Waals surface area contributed by atoms with Crippen LogP contribution in [0, 0.1) is 0 Å². The normalized spacial score (nSPS) is 12.2. The van der Waals surface area contributed by atoms with E-state index >= 15 is 0 Å². The van der Waals surface area contributed by atoms with Gasteiger partial charge in [-0.3, -0.25) is 14.3 Å². The lowest BCUT2D eigenvalue weighted by Crippen LogP contribution is -2.25. The number of carbonyl (C=O) groups is 1. The van der Waals surface area contributed by atoms with Crippen LogP contribution in [-0.4, -0.2) is 39.3 Å². The first-order valence-electron chi connectivity index (χ1n) is 9.85. The molecule has 4 aromatic rings. The van der Waals surface area contributed by atoms with E-state index in [9.17, 15) is 9.59 Å². The minimum absolute atomic E-state index is 0.104. The summed E-state index contributed by atoms with van der Waals surface area (Å²) in [6.07, 6.45) is 2.07. The Morgan fingerprint density at radius 2 is 1.77 bits per heavy atom. The summed E-state index contributed by atoms with van der Waals surface area (Å²) in [6.45, 7) is 0.323. The number of hydrogen-bond donors (Lipinski definition) is 0.